The van der Waals surface area contributed by atoms with E-state index in [2.05, 4.69) is 10.9 Å². The summed E-state index contributed by atoms with van der Waals surface area (Å²) in [6, 6.07) is 11.3. The van der Waals surface area contributed by atoms with Gasteiger partial charge in [0.2, 0.25) is 5.91 Å². The van der Waals surface area contributed by atoms with Gasteiger partial charge in [-0.2, -0.15) is 0 Å². The Morgan fingerprint density at radius 2 is 1.76 bits per heavy atom. The Balaban J connectivity index is 1.54. The van der Waals surface area contributed by atoms with Crippen molar-refractivity contribution in [2.45, 2.75) is 12.3 Å². The number of non-ortho nitro benzene ring substituents is 1. The van der Waals surface area contributed by atoms with Gasteiger partial charge in [-0.3, -0.25) is 30.6 Å². The zero-order valence-electron chi connectivity index (χ0n) is 12.9. The number of carbonyl (C=O) groups is 2. The van der Waals surface area contributed by atoms with Crippen molar-refractivity contribution >= 4 is 17.5 Å². The molecule has 0 heterocycles. The number of benzene rings is 2. The van der Waals surface area contributed by atoms with Gasteiger partial charge >= 0.3 is 0 Å². The third-order valence-corrected chi connectivity index (χ3v) is 4.07. The van der Waals surface area contributed by atoms with E-state index < -0.39 is 22.7 Å². The van der Waals surface area contributed by atoms with Crippen LogP contribution in [0.5, 0.6) is 0 Å². The van der Waals surface area contributed by atoms with Gasteiger partial charge in [-0.1, -0.05) is 18.2 Å². The van der Waals surface area contributed by atoms with Gasteiger partial charge < -0.3 is 0 Å². The smallest absolute Gasteiger partial charge is 0.269 e. The predicted octanol–water partition coefficient (Wildman–Crippen LogP) is 2.30. The highest BCUT2D eigenvalue weighted by Crippen LogP contribution is 2.48. The maximum atomic E-state index is 13.7. The molecule has 1 saturated carbocycles. The van der Waals surface area contributed by atoms with E-state index in [4.69, 9.17) is 0 Å². The van der Waals surface area contributed by atoms with Crippen LogP contribution in [0.25, 0.3) is 0 Å². The number of nitrogens with one attached hydrogen (secondary N) is 2. The number of halogens is 1. The molecule has 1 aliphatic rings. The fraction of sp³-hybridized carbons (Fsp3) is 0.176. The quantitative estimate of drug-likeness (QED) is 0.657. The molecule has 1 aliphatic carbocycles. The Morgan fingerprint density at radius 1 is 1.08 bits per heavy atom. The largest absolute Gasteiger partial charge is 0.273 e. The van der Waals surface area contributed by atoms with E-state index >= 15 is 0 Å². The number of carbonyl (C=O) groups excluding carboxylic acids is 2. The molecule has 2 unspecified atom stereocenters. The van der Waals surface area contributed by atoms with Crippen molar-refractivity contribution in [1.82, 2.24) is 10.9 Å². The van der Waals surface area contributed by atoms with Gasteiger partial charge in [0.25, 0.3) is 11.6 Å². The van der Waals surface area contributed by atoms with Crippen LogP contribution in [-0.4, -0.2) is 16.7 Å². The third-order valence-electron chi connectivity index (χ3n) is 4.07. The molecule has 0 bridgehead atoms. The van der Waals surface area contributed by atoms with Crippen LogP contribution in [-0.2, 0) is 4.79 Å². The lowest BCUT2D eigenvalue weighted by molar-refractivity contribution is -0.384. The lowest BCUT2D eigenvalue weighted by Gasteiger charge is -2.07. The molecular formula is C17H14FN3O4. The van der Waals surface area contributed by atoms with Crippen molar-refractivity contribution in [2.24, 2.45) is 5.92 Å². The molecule has 25 heavy (non-hydrogen) atoms. The number of hydrogen-bond acceptors (Lipinski definition) is 4. The van der Waals surface area contributed by atoms with Crippen molar-refractivity contribution in [3.8, 4) is 0 Å². The highest BCUT2D eigenvalue weighted by molar-refractivity contribution is 5.96. The summed E-state index contributed by atoms with van der Waals surface area (Å²) in [6.07, 6.45) is 0.514. The van der Waals surface area contributed by atoms with E-state index in [1.807, 2.05) is 0 Å². The van der Waals surface area contributed by atoms with E-state index in [-0.39, 0.29) is 23.0 Å². The minimum atomic E-state index is -0.591. The molecule has 2 aromatic carbocycles. The molecular weight excluding hydrogens is 329 g/mol. The van der Waals surface area contributed by atoms with Gasteiger partial charge in [-0.25, -0.2) is 4.39 Å². The summed E-state index contributed by atoms with van der Waals surface area (Å²) in [6.45, 7) is 0. The van der Waals surface area contributed by atoms with Gasteiger partial charge in [-0.15, -0.1) is 0 Å². The fourth-order valence-electron chi connectivity index (χ4n) is 2.62. The molecule has 1 fully saturated rings. The molecule has 0 spiro atoms. The van der Waals surface area contributed by atoms with Crippen LogP contribution >= 0.6 is 0 Å². The average molecular weight is 343 g/mol. The SMILES string of the molecule is O=C(NNC(=O)C1CC1c1ccccc1F)c1ccc([N+](=O)[O-])cc1. The summed E-state index contributed by atoms with van der Waals surface area (Å²) in [4.78, 5) is 34.0. The lowest BCUT2D eigenvalue weighted by atomic mass is 10.1. The van der Waals surface area contributed by atoms with Gasteiger partial charge in [0.1, 0.15) is 5.82 Å². The molecule has 3 rings (SSSR count). The first kappa shape index (κ1) is 16.6. The van der Waals surface area contributed by atoms with Crippen LogP contribution in [0, 0.1) is 21.8 Å². The standard InChI is InChI=1S/C17H14FN3O4/c18-15-4-2-1-3-12(15)13-9-14(13)17(23)20-19-16(22)10-5-7-11(8-6-10)21(24)25/h1-8,13-14H,9H2,(H,19,22)(H,20,23). The second-order valence-corrected chi connectivity index (χ2v) is 5.72. The van der Waals surface area contributed by atoms with E-state index in [1.54, 1.807) is 18.2 Å². The van der Waals surface area contributed by atoms with Crippen LogP contribution < -0.4 is 10.9 Å². The normalized spacial score (nSPS) is 18.3. The number of rotatable bonds is 4. The van der Waals surface area contributed by atoms with E-state index in [9.17, 15) is 24.1 Å². The topological polar surface area (TPSA) is 101 Å². The van der Waals surface area contributed by atoms with Crippen LogP contribution in [0.2, 0.25) is 0 Å². The Labute approximate surface area is 142 Å². The van der Waals surface area contributed by atoms with Crippen molar-refractivity contribution in [3.63, 3.8) is 0 Å². The first-order valence-electron chi connectivity index (χ1n) is 7.56. The molecule has 2 atom stereocenters. The van der Waals surface area contributed by atoms with E-state index in [1.165, 1.54) is 30.3 Å². The first-order chi connectivity index (χ1) is 12.0. The summed E-state index contributed by atoms with van der Waals surface area (Å²) >= 11 is 0. The number of nitro groups is 1. The number of nitrogens with zero attached hydrogens (tertiary/aromatic N) is 1. The zero-order valence-corrected chi connectivity index (χ0v) is 12.9. The highest BCUT2D eigenvalue weighted by Gasteiger charge is 2.45. The number of nitro benzene ring substituents is 1. The van der Waals surface area contributed by atoms with Gasteiger partial charge in [0.15, 0.2) is 0 Å². The summed E-state index contributed by atoms with van der Waals surface area (Å²) in [5.41, 5.74) is 5.09. The average Bonchev–Trinajstić information content (AvgIpc) is 3.40. The Bertz CT molecular complexity index is 838. The van der Waals surface area contributed by atoms with Crippen molar-refractivity contribution in [2.75, 3.05) is 0 Å². The van der Waals surface area contributed by atoms with Crippen LogP contribution in [0.4, 0.5) is 10.1 Å². The summed E-state index contributed by atoms with van der Waals surface area (Å²) < 4.78 is 13.7. The van der Waals surface area contributed by atoms with Gasteiger partial charge in [-0.05, 0) is 36.1 Å². The molecule has 128 valence electrons. The first-order valence-corrected chi connectivity index (χ1v) is 7.56. The molecule has 0 aromatic heterocycles. The predicted molar refractivity (Wildman–Crippen MR) is 86.0 cm³/mol. The van der Waals surface area contributed by atoms with Crippen LogP contribution in [0.1, 0.15) is 28.3 Å². The molecule has 0 radical (unpaired) electrons. The fourth-order valence-corrected chi connectivity index (χ4v) is 2.62. The van der Waals surface area contributed by atoms with Crippen molar-refractivity contribution in [3.05, 3.63) is 75.6 Å². The third kappa shape index (κ3) is 3.63. The monoisotopic (exact) mass is 343 g/mol. The summed E-state index contributed by atoms with van der Waals surface area (Å²) in [5.74, 6) is -1.93. The second kappa shape index (κ2) is 6.68. The molecule has 0 saturated heterocycles. The minimum Gasteiger partial charge on any atom is -0.273 e. The Morgan fingerprint density at radius 3 is 2.40 bits per heavy atom. The molecule has 8 heteroatoms. The number of hydrazine groups is 1. The van der Waals surface area contributed by atoms with Gasteiger partial charge in [0.05, 0.1) is 4.92 Å². The maximum absolute atomic E-state index is 13.7. The van der Waals surface area contributed by atoms with Crippen LogP contribution in [0.15, 0.2) is 48.5 Å². The minimum absolute atomic E-state index is 0.133. The maximum Gasteiger partial charge on any atom is 0.269 e. The molecule has 2 amide bonds. The number of amides is 2. The van der Waals surface area contributed by atoms with Crippen molar-refractivity contribution in [1.29, 1.82) is 0 Å². The highest BCUT2D eigenvalue weighted by atomic mass is 19.1. The number of hydrogen-bond donors (Lipinski definition) is 2. The summed E-state index contributed by atoms with van der Waals surface area (Å²) in [7, 11) is 0. The molecule has 2 N–H and O–H groups in total. The summed E-state index contributed by atoms with van der Waals surface area (Å²) in [5, 5.41) is 10.6. The Kier molecular flexibility index (Phi) is 4.42. The Hall–Kier alpha value is -3.29. The van der Waals surface area contributed by atoms with E-state index in [0.717, 1.165) is 0 Å². The van der Waals surface area contributed by atoms with E-state index in [0.29, 0.717) is 12.0 Å². The van der Waals surface area contributed by atoms with Crippen LogP contribution in [0.3, 0.4) is 0 Å². The lowest BCUT2D eigenvalue weighted by Crippen LogP contribution is -2.42. The second-order valence-electron chi connectivity index (χ2n) is 5.72. The molecule has 7 nitrogen and oxygen atoms in total. The van der Waals surface area contributed by atoms with Crippen molar-refractivity contribution < 1.29 is 18.9 Å². The van der Waals surface area contributed by atoms with Gasteiger partial charge in [0, 0.05) is 23.6 Å². The zero-order chi connectivity index (χ0) is 18.0. The molecule has 0 aliphatic heterocycles. The molecule has 2 aromatic rings.